The minimum atomic E-state index is -0.664. The van der Waals surface area contributed by atoms with Crippen molar-refractivity contribution in [1.29, 1.82) is 0 Å². The zero-order chi connectivity index (χ0) is 21.8. The third-order valence-corrected chi connectivity index (χ3v) is 5.40. The van der Waals surface area contributed by atoms with E-state index in [4.69, 9.17) is 9.15 Å². The zero-order valence-corrected chi connectivity index (χ0v) is 17.5. The van der Waals surface area contributed by atoms with Crippen LogP contribution in [0, 0.1) is 6.92 Å². The molecule has 4 rings (SSSR count). The molecule has 1 amide bonds. The highest BCUT2D eigenvalue weighted by Crippen LogP contribution is 2.26. The highest BCUT2D eigenvalue weighted by Gasteiger charge is 2.32. The SMILES string of the molecule is Cc1oc(-c2ccccc2)nc1COc1ccc(C(C)CCC2NC(=O)OC2=O)cc1. The molecule has 1 aromatic heterocycles. The van der Waals surface area contributed by atoms with Crippen LogP contribution in [0.5, 0.6) is 5.75 Å². The molecule has 1 N–H and O–H groups in total. The lowest BCUT2D eigenvalue weighted by atomic mass is 9.94. The molecule has 0 aliphatic carbocycles. The third-order valence-electron chi connectivity index (χ3n) is 5.40. The van der Waals surface area contributed by atoms with Crippen LogP contribution >= 0.6 is 0 Å². The lowest BCUT2D eigenvalue weighted by Crippen LogP contribution is -2.28. The molecule has 1 aliphatic heterocycles. The number of carbonyl (C=O) groups is 2. The number of hydrogen-bond acceptors (Lipinski definition) is 6. The summed E-state index contributed by atoms with van der Waals surface area (Å²) in [7, 11) is 0. The number of alkyl carbamates (subject to hydrolysis) is 1. The van der Waals surface area contributed by atoms with E-state index in [2.05, 4.69) is 22.0 Å². The van der Waals surface area contributed by atoms with Crippen molar-refractivity contribution in [2.24, 2.45) is 0 Å². The van der Waals surface area contributed by atoms with E-state index in [0.29, 0.717) is 18.9 Å². The first-order chi connectivity index (χ1) is 15.0. The Labute approximate surface area is 180 Å². The van der Waals surface area contributed by atoms with E-state index >= 15 is 0 Å². The van der Waals surface area contributed by atoms with Gasteiger partial charge < -0.3 is 19.2 Å². The van der Waals surface area contributed by atoms with E-state index in [1.54, 1.807) is 0 Å². The number of nitrogens with zero attached hydrogens (tertiary/aromatic N) is 1. The number of cyclic esters (lactones) is 2. The quantitative estimate of drug-likeness (QED) is 0.418. The van der Waals surface area contributed by atoms with E-state index in [1.165, 1.54) is 0 Å². The van der Waals surface area contributed by atoms with Crippen LogP contribution in [-0.4, -0.2) is 23.1 Å². The van der Waals surface area contributed by atoms with Crippen molar-refractivity contribution >= 4 is 12.1 Å². The van der Waals surface area contributed by atoms with Crippen LogP contribution in [0.3, 0.4) is 0 Å². The molecule has 1 saturated heterocycles. The number of esters is 1. The maximum atomic E-state index is 11.5. The van der Waals surface area contributed by atoms with Gasteiger partial charge in [0.25, 0.3) is 0 Å². The van der Waals surface area contributed by atoms with Crippen LogP contribution in [0.4, 0.5) is 4.79 Å². The van der Waals surface area contributed by atoms with Crippen molar-refractivity contribution < 1.29 is 23.5 Å². The lowest BCUT2D eigenvalue weighted by molar-refractivity contribution is -0.135. The molecule has 7 nitrogen and oxygen atoms in total. The molecule has 7 heteroatoms. The Morgan fingerprint density at radius 1 is 1.10 bits per heavy atom. The molecular formula is C24H24N2O5. The number of ether oxygens (including phenoxy) is 2. The number of hydrogen-bond donors (Lipinski definition) is 1. The minimum Gasteiger partial charge on any atom is -0.487 e. The number of carbonyl (C=O) groups excluding carboxylic acids is 2. The molecule has 2 aromatic carbocycles. The Balaban J connectivity index is 1.31. The largest absolute Gasteiger partial charge is 0.487 e. The normalized spacial score (nSPS) is 16.6. The van der Waals surface area contributed by atoms with Crippen molar-refractivity contribution in [3.05, 3.63) is 71.6 Å². The Hall–Kier alpha value is -3.61. The van der Waals surface area contributed by atoms with Crippen molar-refractivity contribution in [2.75, 3.05) is 0 Å². The summed E-state index contributed by atoms with van der Waals surface area (Å²) in [5.41, 5.74) is 2.83. The van der Waals surface area contributed by atoms with Gasteiger partial charge in [0, 0.05) is 5.56 Å². The summed E-state index contributed by atoms with van der Waals surface area (Å²) in [6.45, 7) is 4.29. The number of amides is 1. The van der Waals surface area contributed by atoms with Gasteiger partial charge in [-0.05, 0) is 55.5 Å². The topological polar surface area (TPSA) is 90.7 Å². The first kappa shape index (κ1) is 20.7. The van der Waals surface area contributed by atoms with Crippen LogP contribution < -0.4 is 10.1 Å². The monoisotopic (exact) mass is 420 g/mol. The zero-order valence-electron chi connectivity index (χ0n) is 17.5. The number of aryl methyl sites for hydroxylation is 1. The molecule has 0 radical (unpaired) electrons. The molecule has 0 bridgehead atoms. The Bertz CT molecular complexity index is 1060. The molecule has 2 unspecified atom stereocenters. The third kappa shape index (κ3) is 4.94. The molecule has 1 aliphatic rings. The number of nitrogens with one attached hydrogen (secondary N) is 1. The molecule has 3 aromatic rings. The fourth-order valence-electron chi connectivity index (χ4n) is 3.48. The maximum Gasteiger partial charge on any atom is 0.415 e. The van der Waals surface area contributed by atoms with Crippen LogP contribution in [-0.2, 0) is 16.1 Å². The molecule has 0 saturated carbocycles. The van der Waals surface area contributed by atoms with Gasteiger partial charge in [0.1, 0.15) is 29.9 Å². The summed E-state index contributed by atoms with van der Waals surface area (Å²) in [6.07, 6.45) is 0.627. The number of benzene rings is 2. The highest BCUT2D eigenvalue weighted by molar-refractivity contribution is 5.95. The van der Waals surface area contributed by atoms with Gasteiger partial charge in [0.05, 0.1) is 0 Å². The molecular weight excluding hydrogens is 396 g/mol. The summed E-state index contributed by atoms with van der Waals surface area (Å²) in [5, 5.41) is 2.52. The lowest BCUT2D eigenvalue weighted by Gasteiger charge is -2.14. The Kier molecular flexibility index (Phi) is 6.02. The number of oxazole rings is 1. The summed E-state index contributed by atoms with van der Waals surface area (Å²) in [4.78, 5) is 27.2. The summed E-state index contributed by atoms with van der Waals surface area (Å²) in [5.74, 6) is 1.79. The van der Waals surface area contributed by atoms with Crippen molar-refractivity contribution in [3.8, 4) is 17.2 Å². The summed E-state index contributed by atoms with van der Waals surface area (Å²) >= 11 is 0. The fraction of sp³-hybridized carbons (Fsp3) is 0.292. The average molecular weight is 420 g/mol. The van der Waals surface area contributed by atoms with Gasteiger partial charge in [-0.1, -0.05) is 37.3 Å². The molecule has 1 fully saturated rings. The maximum absolute atomic E-state index is 11.5. The second-order valence-electron chi connectivity index (χ2n) is 7.63. The minimum absolute atomic E-state index is 0.227. The van der Waals surface area contributed by atoms with Gasteiger partial charge in [-0.15, -0.1) is 0 Å². The van der Waals surface area contributed by atoms with Gasteiger partial charge in [-0.2, -0.15) is 0 Å². The van der Waals surface area contributed by atoms with E-state index in [0.717, 1.165) is 34.8 Å². The second-order valence-corrected chi connectivity index (χ2v) is 7.63. The van der Waals surface area contributed by atoms with Crippen LogP contribution in [0.25, 0.3) is 11.5 Å². The molecule has 160 valence electrons. The van der Waals surface area contributed by atoms with Crippen LogP contribution in [0.2, 0.25) is 0 Å². The van der Waals surface area contributed by atoms with E-state index < -0.39 is 18.1 Å². The van der Waals surface area contributed by atoms with Gasteiger partial charge in [-0.25, -0.2) is 14.6 Å². The van der Waals surface area contributed by atoms with Crippen LogP contribution in [0.15, 0.2) is 59.0 Å². The predicted molar refractivity (Wildman–Crippen MR) is 114 cm³/mol. The van der Waals surface area contributed by atoms with E-state index in [9.17, 15) is 9.59 Å². The number of aromatic nitrogens is 1. The molecule has 0 spiro atoms. The van der Waals surface area contributed by atoms with Crippen molar-refractivity contribution in [3.63, 3.8) is 0 Å². The summed E-state index contributed by atoms with van der Waals surface area (Å²) in [6, 6.07) is 17.1. The molecule has 31 heavy (non-hydrogen) atoms. The van der Waals surface area contributed by atoms with Crippen molar-refractivity contribution in [2.45, 2.75) is 45.3 Å². The smallest absolute Gasteiger partial charge is 0.415 e. The number of rotatable bonds is 8. The molecule has 2 atom stereocenters. The Morgan fingerprint density at radius 2 is 1.84 bits per heavy atom. The first-order valence-electron chi connectivity index (χ1n) is 10.3. The second kappa shape index (κ2) is 9.04. The average Bonchev–Trinajstić information content (AvgIpc) is 3.32. The Morgan fingerprint density at radius 3 is 2.52 bits per heavy atom. The van der Waals surface area contributed by atoms with Crippen molar-refractivity contribution in [1.82, 2.24) is 10.3 Å². The highest BCUT2D eigenvalue weighted by atomic mass is 16.6. The van der Waals surface area contributed by atoms with Gasteiger partial charge in [0.2, 0.25) is 5.89 Å². The fourth-order valence-corrected chi connectivity index (χ4v) is 3.48. The van der Waals surface area contributed by atoms with Gasteiger partial charge in [-0.3, -0.25) is 0 Å². The van der Waals surface area contributed by atoms with Gasteiger partial charge in [0.15, 0.2) is 0 Å². The first-order valence-corrected chi connectivity index (χ1v) is 10.3. The van der Waals surface area contributed by atoms with Gasteiger partial charge >= 0.3 is 12.1 Å². The van der Waals surface area contributed by atoms with E-state index in [1.807, 2.05) is 61.5 Å². The predicted octanol–water partition coefficient (Wildman–Crippen LogP) is 4.75. The van der Waals surface area contributed by atoms with Crippen LogP contribution in [0.1, 0.15) is 42.7 Å². The summed E-state index contributed by atoms with van der Waals surface area (Å²) < 4.78 is 16.2. The standard InChI is InChI=1S/C24H24N2O5/c1-15(8-13-20-23(27)31-24(28)26-20)17-9-11-19(12-10-17)29-14-21-16(2)30-22(25-21)18-6-4-3-5-7-18/h3-7,9-12,15,20H,8,13-14H2,1-2H3,(H,26,28). The van der Waals surface area contributed by atoms with E-state index in [-0.39, 0.29) is 5.92 Å². The molecule has 2 heterocycles.